The number of aliphatic hydroxyl groups excluding tert-OH is 2. The molecule has 3 fully saturated rings. The normalized spacial score (nSPS) is 37.7. The number of ether oxygens (including phenoxy) is 2. The number of nitrogen functional groups attached to an aromatic ring is 2. The van der Waals surface area contributed by atoms with Crippen LogP contribution >= 0.6 is 14.5 Å². The molecule has 0 amide bonds. The minimum atomic E-state index is -5.06. The highest BCUT2D eigenvalue weighted by Gasteiger charge is 2.53. The van der Waals surface area contributed by atoms with Gasteiger partial charge in [0.25, 0.3) is 5.56 Å². The molecule has 0 radical (unpaired) electrons. The molecular weight excluding hydrogens is 666 g/mol. The summed E-state index contributed by atoms with van der Waals surface area (Å²) in [6, 6.07) is 0. The highest BCUT2D eigenvalue weighted by atomic mass is 32.5. The van der Waals surface area contributed by atoms with Gasteiger partial charge in [-0.25, -0.2) is 24.5 Å². The van der Waals surface area contributed by atoms with Crippen LogP contribution in [-0.2, 0) is 43.9 Å². The lowest BCUT2D eigenvalue weighted by Gasteiger charge is -2.27. The van der Waals surface area contributed by atoms with Crippen LogP contribution < -0.4 is 17.0 Å². The molecule has 10 atom stereocenters. The van der Waals surface area contributed by atoms with Gasteiger partial charge in [-0.05, 0) is 11.8 Å². The number of rotatable bonds is 2. The molecule has 4 aromatic heterocycles. The number of nitrogens with zero attached hydrogens (tertiary/aromatic N) is 7. The first-order valence-electron chi connectivity index (χ1n) is 13.0. The van der Waals surface area contributed by atoms with Gasteiger partial charge in [0.2, 0.25) is 5.95 Å². The smallest absolute Gasteiger partial charge is 0.387 e. The van der Waals surface area contributed by atoms with Gasteiger partial charge in [-0.1, -0.05) is 0 Å². The molecule has 3 aliphatic heterocycles. The summed E-state index contributed by atoms with van der Waals surface area (Å²) < 4.78 is 49.2. The third kappa shape index (κ3) is 5.44. The van der Waals surface area contributed by atoms with Gasteiger partial charge in [0.05, 0.1) is 25.9 Å². The molecule has 22 nitrogen and oxygen atoms in total. The van der Waals surface area contributed by atoms with E-state index in [1.54, 1.807) is 0 Å². The summed E-state index contributed by atoms with van der Waals surface area (Å²) in [6.07, 6.45) is -8.15. The van der Waals surface area contributed by atoms with Crippen LogP contribution in [0.25, 0.3) is 22.3 Å². The number of phosphoric ester groups is 1. The largest absolute Gasteiger partial charge is 0.472 e. The number of nitrogens with two attached hydrogens (primary N) is 2. The molecule has 3 aliphatic rings. The number of H-pyrrole nitrogens is 1. The highest BCUT2D eigenvalue weighted by Crippen LogP contribution is 2.53. The Morgan fingerprint density at radius 1 is 0.889 bits per heavy atom. The first kappa shape index (κ1) is 30.6. The second-order valence-corrected chi connectivity index (χ2v) is 14.3. The fourth-order valence-electron chi connectivity index (χ4n) is 5.30. The van der Waals surface area contributed by atoms with E-state index in [2.05, 4.69) is 29.9 Å². The minimum absolute atomic E-state index is 0.0677. The Labute approximate surface area is 254 Å². The highest BCUT2D eigenvalue weighted by molar-refractivity contribution is 8.07. The van der Waals surface area contributed by atoms with E-state index in [4.69, 9.17) is 50.8 Å². The van der Waals surface area contributed by atoms with E-state index in [9.17, 15) is 29.4 Å². The van der Waals surface area contributed by atoms with Crippen molar-refractivity contribution in [2.75, 3.05) is 24.7 Å². The van der Waals surface area contributed by atoms with Gasteiger partial charge in [0.1, 0.15) is 48.5 Å². The molecule has 7 heterocycles. The van der Waals surface area contributed by atoms with Crippen LogP contribution in [0.3, 0.4) is 0 Å². The lowest BCUT2D eigenvalue weighted by molar-refractivity contribution is -0.0647. The zero-order chi connectivity index (χ0) is 31.8. The summed E-state index contributed by atoms with van der Waals surface area (Å²) in [4.78, 5) is 56.4. The molecule has 7 rings (SSSR count). The molecule has 0 aliphatic carbocycles. The van der Waals surface area contributed by atoms with E-state index >= 15 is 0 Å². The average Bonchev–Trinajstić information content (AvgIpc) is 3.72. The number of imidazole rings is 2. The van der Waals surface area contributed by atoms with E-state index in [0.29, 0.717) is 0 Å². The van der Waals surface area contributed by atoms with Gasteiger partial charge in [-0.15, -0.1) is 0 Å². The SMILES string of the molecule is Nc1nc2c(ncn2[C@@H]2O[C@@H]3COP(O)(=S)OC4C(O)[C@H](n5cnc6c(N)ncnc65)O[C@@H]4COP(=O)(O)OC2C3O)c(=O)[nH]1. The summed E-state index contributed by atoms with van der Waals surface area (Å²) >= 11 is 5.18. The van der Waals surface area contributed by atoms with E-state index < -0.39 is 82.4 Å². The number of hydrogen-bond acceptors (Lipinski definition) is 18. The quantitative estimate of drug-likeness (QED) is 0.109. The number of nitrogens with one attached hydrogen (secondary N) is 1. The van der Waals surface area contributed by atoms with Crippen LogP contribution in [-0.4, -0.2) is 109 Å². The Morgan fingerprint density at radius 2 is 1.58 bits per heavy atom. The number of fused-ring (bicyclic) bond motifs is 5. The van der Waals surface area contributed by atoms with Gasteiger partial charge in [0.15, 0.2) is 35.1 Å². The van der Waals surface area contributed by atoms with Crippen LogP contribution in [0.5, 0.6) is 0 Å². The molecule has 45 heavy (non-hydrogen) atoms. The Balaban J connectivity index is 1.21. The predicted octanol–water partition coefficient (Wildman–Crippen LogP) is -2.23. The van der Waals surface area contributed by atoms with Gasteiger partial charge in [0, 0.05) is 0 Å². The van der Waals surface area contributed by atoms with Crippen molar-refractivity contribution in [1.82, 2.24) is 39.0 Å². The standard InChI is InChI=1S/C20H24N10O12P2S/c21-14-8-15(24-3-23-14)29(4-25-8)18-11(32)12-7(40-18)2-37-43(34,35)41-13-10(31)6(1-38-44(36,45)42-12)39-19(13)30-5-26-9-16(30)27-20(22)28-17(9)33/h3-7,10-13,18-19,31-32H,1-2H2,(H,34,35)(H,36,45)(H2,21,23,24)(H3,22,27,28,33)/t6-,7-,10?,11?,12?,13?,18-,19-,44?/m1/s1. The number of aliphatic hydroxyl groups is 2. The van der Waals surface area contributed by atoms with Gasteiger partial charge >= 0.3 is 14.5 Å². The van der Waals surface area contributed by atoms with Crippen LogP contribution in [0, 0.1) is 0 Å². The van der Waals surface area contributed by atoms with Crippen molar-refractivity contribution in [2.24, 2.45) is 0 Å². The fraction of sp³-hybridized carbons (Fsp3) is 0.500. The second kappa shape index (κ2) is 11.1. The van der Waals surface area contributed by atoms with E-state index in [1.807, 2.05) is 0 Å². The summed E-state index contributed by atoms with van der Waals surface area (Å²) in [7, 11) is -5.06. The third-order valence-electron chi connectivity index (χ3n) is 7.32. The zero-order valence-electron chi connectivity index (χ0n) is 22.4. The number of aromatic nitrogens is 8. The predicted molar refractivity (Wildman–Crippen MR) is 150 cm³/mol. The van der Waals surface area contributed by atoms with Gasteiger partial charge in [-0.2, -0.15) is 4.98 Å². The van der Waals surface area contributed by atoms with Gasteiger partial charge < -0.3 is 45.5 Å². The summed E-state index contributed by atoms with van der Waals surface area (Å²) in [5.41, 5.74) is 11.0. The Bertz CT molecular complexity index is 1940. The minimum Gasteiger partial charge on any atom is -0.387 e. The molecule has 242 valence electrons. The average molecular weight is 690 g/mol. The van der Waals surface area contributed by atoms with Crippen molar-refractivity contribution >= 4 is 60.4 Å². The molecule has 25 heteroatoms. The van der Waals surface area contributed by atoms with Gasteiger partial charge in [-0.3, -0.25) is 32.5 Å². The molecular formula is C20H24N10O12P2S. The van der Waals surface area contributed by atoms with Crippen molar-refractivity contribution in [3.63, 3.8) is 0 Å². The molecule has 2 bridgehead atoms. The number of aromatic amines is 1. The van der Waals surface area contributed by atoms with Crippen molar-refractivity contribution in [2.45, 2.75) is 49.1 Å². The summed E-state index contributed by atoms with van der Waals surface area (Å²) in [6.45, 7) is -5.58. The monoisotopic (exact) mass is 690 g/mol. The molecule has 4 aromatic rings. The van der Waals surface area contributed by atoms with Crippen molar-refractivity contribution < 1.29 is 52.1 Å². The van der Waals surface area contributed by atoms with Crippen LogP contribution in [0.1, 0.15) is 12.5 Å². The molecule has 0 saturated carbocycles. The number of anilines is 2. The van der Waals surface area contributed by atoms with E-state index in [-0.39, 0.29) is 34.1 Å². The van der Waals surface area contributed by atoms with Crippen LogP contribution in [0.2, 0.25) is 0 Å². The van der Waals surface area contributed by atoms with E-state index in [0.717, 1.165) is 10.9 Å². The van der Waals surface area contributed by atoms with Crippen molar-refractivity contribution in [3.8, 4) is 0 Å². The van der Waals surface area contributed by atoms with Crippen molar-refractivity contribution in [1.29, 1.82) is 0 Å². The third-order valence-corrected chi connectivity index (χ3v) is 9.87. The molecule has 9 N–H and O–H groups in total. The molecule has 3 saturated heterocycles. The fourth-order valence-corrected chi connectivity index (χ4v) is 7.67. The first-order valence-corrected chi connectivity index (χ1v) is 17.0. The second-order valence-electron chi connectivity index (χ2n) is 10.1. The maximum Gasteiger partial charge on any atom is 0.472 e. The molecule has 6 unspecified atom stereocenters. The molecule has 0 aromatic carbocycles. The number of hydrogen-bond donors (Lipinski definition) is 7. The number of phosphoric acid groups is 1. The topological polar surface area (TPSA) is 313 Å². The maximum atomic E-state index is 13.2. The van der Waals surface area contributed by atoms with E-state index in [1.165, 1.54) is 17.2 Å². The van der Waals surface area contributed by atoms with Crippen LogP contribution in [0.4, 0.5) is 11.8 Å². The lowest BCUT2D eigenvalue weighted by atomic mass is 10.1. The zero-order valence-corrected chi connectivity index (χ0v) is 25.0. The Kier molecular flexibility index (Phi) is 7.52. The Hall–Kier alpha value is -3.02. The summed E-state index contributed by atoms with van der Waals surface area (Å²) in [5.74, 6) is -0.189. The maximum absolute atomic E-state index is 13.2. The Morgan fingerprint density at radius 3 is 2.36 bits per heavy atom. The van der Waals surface area contributed by atoms with Crippen molar-refractivity contribution in [3.05, 3.63) is 29.3 Å². The molecule has 0 spiro atoms. The summed E-state index contributed by atoms with van der Waals surface area (Å²) in [5, 5.41) is 22.3. The van der Waals surface area contributed by atoms with Crippen LogP contribution in [0.15, 0.2) is 23.8 Å². The lowest BCUT2D eigenvalue weighted by Crippen LogP contribution is -2.36. The first-order chi connectivity index (χ1) is 21.3.